The lowest BCUT2D eigenvalue weighted by Crippen LogP contribution is -2.67. The number of aliphatic hydroxyl groups excluding tert-OH is 3. The summed E-state index contributed by atoms with van der Waals surface area (Å²) in [4.78, 5) is 32.2. The smallest absolute Gasteiger partial charge is 0.229 e. The van der Waals surface area contributed by atoms with Gasteiger partial charge in [0.25, 0.3) is 0 Å². The number of carbonyl (C=O) groups excluding carboxylic acids is 2. The van der Waals surface area contributed by atoms with E-state index < -0.39 is 54.4 Å². The highest BCUT2D eigenvalue weighted by Crippen LogP contribution is 2.46. The van der Waals surface area contributed by atoms with Crippen molar-refractivity contribution < 1.29 is 49.3 Å². The molecule has 49 heavy (non-hydrogen) atoms. The number of fused-ring (bicyclic) bond motifs is 3. The third-order valence-electron chi connectivity index (χ3n) is 9.74. The molecule has 1 fully saturated rings. The average Bonchev–Trinajstić information content (AvgIpc) is 3.09. The van der Waals surface area contributed by atoms with Crippen molar-refractivity contribution in [3.8, 4) is 17.2 Å². The number of aliphatic hydroxyl groups is 4. The molecule has 0 radical (unpaired) electrons. The van der Waals surface area contributed by atoms with Crippen molar-refractivity contribution in [2.45, 2.75) is 68.3 Å². The number of hydrogen-bond acceptors (Lipinski definition) is 13. The van der Waals surface area contributed by atoms with Gasteiger partial charge >= 0.3 is 0 Å². The van der Waals surface area contributed by atoms with Crippen LogP contribution in [-0.4, -0.2) is 101 Å². The summed E-state index contributed by atoms with van der Waals surface area (Å²) < 4.78 is 17.2. The number of aryl methyl sites for hydroxylation is 1. The van der Waals surface area contributed by atoms with Crippen LogP contribution >= 0.6 is 0 Å². The van der Waals surface area contributed by atoms with Gasteiger partial charge in [-0.15, -0.1) is 0 Å². The van der Waals surface area contributed by atoms with Crippen LogP contribution in [0.4, 0.5) is 0 Å². The molecule has 1 saturated heterocycles. The molecule has 262 valence electrons. The minimum absolute atomic E-state index is 0.0148. The Morgan fingerprint density at radius 2 is 1.94 bits per heavy atom. The molecular weight excluding hydrogens is 638 g/mol. The maximum atomic E-state index is 14.3. The summed E-state index contributed by atoms with van der Waals surface area (Å²) in [5.41, 5.74) is 11.1. The number of phenols is 1. The minimum atomic E-state index is -2.10. The fraction of sp³-hybridized carbons (Fsp3) is 0.441. The molecule has 2 aliphatic carbocycles. The van der Waals surface area contributed by atoms with Crippen molar-refractivity contribution >= 4 is 17.5 Å². The maximum absolute atomic E-state index is 14.3. The van der Waals surface area contributed by atoms with Crippen LogP contribution in [0.5, 0.6) is 17.2 Å². The van der Waals surface area contributed by atoms with Crippen molar-refractivity contribution in [1.82, 2.24) is 10.6 Å². The van der Waals surface area contributed by atoms with Gasteiger partial charge in [0.05, 0.1) is 36.7 Å². The van der Waals surface area contributed by atoms with Crippen molar-refractivity contribution in [1.29, 1.82) is 0 Å². The Bertz CT molecular complexity index is 1770. The zero-order valence-electron chi connectivity index (χ0n) is 27.1. The molecule has 15 heteroatoms. The summed E-state index contributed by atoms with van der Waals surface area (Å²) >= 11 is 0. The normalized spacial score (nSPS) is 28.0. The van der Waals surface area contributed by atoms with Crippen molar-refractivity contribution in [3.63, 3.8) is 0 Å². The van der Waals surface area contributed by atoms with Crippen LogP contribution < -0.4 is 31.6 Å². The van der Waals surface area contributed by atoms with E-state index in [4.69, 9.17) is 25.7 Å². The van der Waals surface area contributed by atoms with Gasteiger partial charge in [0.1, 0.15) is 41.2 Å². The predicted octanol–water partition coefficient (Wildman–Crippen LogP) is -0.253. The quantitative estimate of drug-likeness (QED) is 0.110. The van der Waals surface area contributed by atoms with E-state index in [2.05, 4.69) is 15.6 Å². The number of carbonyl (C=O) groups is 2. The second-order valence-electron chi connectivity index (χ2n) is 12.6. The first kappa shape index (κ1) is 34.2. The molecule has 0 saturated carbocycles. The number of ketones is 2. The number of phenolic OH excluding ortho intramolecular Hbond substituents is 1. The second-order valence-corrected chi connectivity index (χ2v) is 12.6. The predicted molar refractivity (Wildman–Crippen MR) is 175 cm³/mol. The fourth-order valence-electron chi connectivity index (χ4n) is 7.11. The van der Waals surface area contributed by atoms with Crippen LogP contribution in [0.15, 0.2) is 46.7 Å². The van der Waals surface area contributed by atoms with E-state index in [-0.39, 0.29) is 58.3 Å². The Morgan fingerprint density at radius 1 is 1.18 bits per heavy atom. The van der Waals surface area contributed by atoms with Crippen LogP contribution in [0, 0.1) is 0 Å². The van der Waals surface area contributed by atoms with Crippen LogP contribution in [0.25, 0.3) is 0 Å². The van der Waals surface area contributed by atoms with Crippen molar-refractivity contribution in [3.05, 3.63) is 75.1 Å². The standard InChI is InChI=1S/C34H41N5O10/c1-37-33(36)39-20-5-3-4-16-11-18-26(28(42)24(16)20)29(43)25-19(27(18)41)12-17(47-2)13-21(25)48-32-30(44)31(45)34(46,22(14-40)49-32)8-6-15-7-9-38-23(35)10-15/h7,10-13,20,22,30-32,38,40,42,44-46H,3-6,8-9,14,35H2,1-2H3,(H3,36,37,39)/t20-,22+,30+,31+,32+,34+/m0/s1. The van der Waals surface area contributed by atoms with Crippen molar-refractivity contribution in [2.75, 3.05) is 27.3 Å². The minimum Gasteiger partial charge on any atom is -0.507 e. The summed E-state index contributed by atoms with van der Waals surface area (Å²) in [7, 11) is 2.87. The molecule has 0 spiro atoms. The van der Waals surface area contributed by atoms with Gasteiger partial charge < -0.3 is 61.8 Å². The molecule has 0 amide bonds. The topological polar surface area (TPSA) is 251 Å². The first-order valence-electron chi connectivity index (χ1n) is 16.0. The van der Waals surface area contributed by atoms with E-state index in [0.29, 0.717) is 36.3 Å². The lowest BCUT2D eigenvalue weighted by Gasteiger charge is -2.48. The number of allylic oxidation sites excluding steroid dienone is 2. The number of dihydropyridines is 1. The number of aromatic hydroxyl groups is 1. The number of nitrogens with zero attached hydrogens (tertiary/aromatic N) is 1. The third kappa shape index (κ3) is 5.97. The Hall–Kier alpha value is -4.67. The summed E-state index contributed by atoms with van der Waals surface area (Å²) in [6.45, 7) is -0.269. The molecule has 2 aromatic carbocycles. The van der Waals surface area contributed by atoms with E-state index in [1.165, 1.54) is 26.3 Å². The van der Waals surface area contributed by atoms with Gasteiger partial charge in [0.15, 0.2) is 11.7 Å². The monoisotopic (exact) mass is 679 g/mol. The molecule has 2 aromatic rings. The van der Waals surface area contributed by atoms with Gasteiger partial charge in [-0.25, -0.2) is 0 Å². The highest BCUT2D eigenvalue weighted by molar-refractivity contribution is 6.30. The van der Waals surface area contributed by atoms with Gasteiger partial charge in [-0.2, -0.15) is 0 Å². The average molecular weight is 680 g/mol. The second kappa shape index (κ2) is 13.3. The van der Waals surface area contributed by atoms with E-state index in [9.17, 15) is 35.1 Å². The summed E-state index contributed by atoms with van der Waals surface area (Å²) in [5.74, 6) is -1.17. The first-order chi connectivity index (χ1) is 23.4. The first-order valence-corrected chi connectivity index (χ1v) is 16.0. The van der Waals surface area contributed by atoms with Gasteiger partial charge in [0, 0.05) is 36.3 Å². The summed E-state index contributed by atoms with van der Waals surface area (Å²) in [5, 5.41) is 61.7. The molecule has 0 aromatic heterocycles. The molecule has 2 heterocycles. The van der Waals surface area contributed by atoms with E-state index in [0.717, 1.165) is 12.0 Å². The molecule has 6 atom stereocenters. The number of nitrogens with two attached hydrogens (primary N) is 2. The van der Waals surface area contributed by atoms with E-state index in [1.807, 2.05) is 6.08 Å². The zero-order chi connectivity index (χ0) is 35.2. The number of hydrogen-bond donors (Lipinski definition) is 9. The molecular formula is C34H41N5O10. The largest absolute Gasteiger partial charge is 0.507 e. The molecule has 2 aliphatic heterocycles. The number of methoxy groups -OCH3 is 1. The van der Waals surface area contributed by atoms with Crippen molar-refractivity contribution in [2.24, 2.45) is 16.5 Å². The number of guanidine groups is 1. The highest BCUT2D eigenvalue weighted by Gasteiger charge is 2.55. The molecule has 6 rings (SSSR count). The number of ether oxygens (including phenoxy) is 3. The number of aliphatic imine (C=N–C) groups is 1. The fourth-order valence-corrected chi connectivity index (χ4v) is 7.11. The highest BCUT2D eigenvalue weighted by atomic mass is 16.7. The summed E-state index contributed by atoms with van der Waals surface area (Å²) in [6, 6.07) is 3.84. The number of nitrogens with one attached hydrogen (secondary N) is 2. The van der Waals surface area contributed by atoms with Gasteiger partial charge in [-0.1, -0.05) is 6.08 Å². The Labute approximate surface area is 281 Å². The lowest BCUT2D eigenvalue weighted by atomic mass is 9.77. The van der Waals surface area contributed by atoms with Gasteiger partial charge in [0.2, 0.25) is 12.1 Å². The van der Waals surface area contributed by atoms with Crippen LogP contribution in [-0.2, 0) is 11.2 Å². The molecule has 4 aliphatic rings. The zero-order valence-corrected chi connectivity index (χ0v) is 27.1. The Kier molecular flexibility index (Phi) is 9.30. The van der Waals surface area contributed by atoms with E-state index >= 15 is 0 Å². The summed E-state index contributed by atoms with van der Waals surface area (Å²) in [6.07, 6.45) is -1.27. The van der Waals surface area contributed by atoms with Crippen LogP contribution in [0.2, 0.25) is 0 Å². The van der Waals surface area contributed by atoms with Crippen LogP contribution in [0.1, 0.15) is 74.7 Å². The maximum Gasteiger partial charge on any atom is 0.229 e. The van der Waals surface area contributed by atoms with Gasteiger partial charge in [-0.3, -0.25) is 14.6 Å². The van der Waals surface area contributed by atoms with Gasteiger partial charge in [-0.05, 0) is 61.4 Å². The SMILES string of the molecule is CN=C(N)N[C@H]1CCCc2cc3c(c(O)c21)C(=O)c1c(O[C@@H]2O[C@H](CO)[C@](O)(CCC4=CCNC(N)=C4)[C@H](O)[C@H]2O)cc(OC)cc1C3=O. The molecule has 11 N–H and O–H groups in total. The molecule has 0 unspecified atom stereocenters. The molecule has 15 nitrogen and oxygen atoms in total. The number of rotatable bonds is 8. The Balaban J connectivity index is 1.34. The Morgan fingerprint density at radius 3 is 2.63 bits per heavy atom. The molecule has 0 bridgehead atoms. The lowest BCUT2D eigenvalue weighted by molar-refractivity contribution is -0.314. The number of benzene rings is 2. The van der Waals surface area contributed by atoms with E-state index in [1.54, 1.807) is 12.1 Å². The van der Waals surface area contributed by atoms with Crippen LogP contribution in [0.3, 0.4) is 0 Å². The third-order valence-corrected chi connectivity index (χ3v) is 9.74.